The second-order valence-electron chi connectivity index (χ2n) is 7.30. The van der Waals surface area contributed by atoms with E-state index in [-0.39, 0.29) is 36.6 Å². The van der Waals surface area contributed by atoms with E-state index in [2.05, 4.69) is 28.5 Å². The molecule has 26 heavy (non-hydrogen) atoms. The average Bonchev–Trinajstić information content (AvgIpc) is 2.97. The maximum atomic E-state index is 13.0. The maximum Gasteiger partial charge on any atom is 0.230 e. The summed E-state index contributed by atoms with van der Waals surface area (Å²) in [4.78, 5) is 29.2. The van der Waals surface area contributed by atoms with Crippen LogP contribution >= 0.6 is 0 Å². The van der Waals surface area contributed by atoms with Gasteiger partial charge >= 0.3 is 0 Å². The van der Waals surface area contributed by atoms with E-state index in [0.717, 1.165) is 25.2 Å². The highest BCUT2D eigenvalue weighted by Crippen LogP contribution is 2.32. The first kappa shape index (κ1) is 17.5. The van der Waals surface area contributed by atoms with Crippen molar-refractivity contribution < 1.29 is 14.3 Å². The summed E-state index contributed by atoms with van der Waals surface area (Å²) < 4.78 is 5.39. The zero-order chi connectivity index (χ0) is 18.1. The molecule has 2 unspecified atom stereocenters. The van der Waals surface area contributed by atoms with Crippen LogP contribution in [0, 0.1) is 0 Å². The van der Waals surface area contributed by atoms with E-state index in [0.29, 0.717) is 19.6 Å². The summed E-state index contributed by atoms with van der Waals surface area (Å²) in [6, 6.07) is 8.20. The van der Waals surface area contributed by atoms with Crippen LogP contribution < -0.4 is 15.5 Å². The first-order chi connectivity index (χ1) is 12.6. The van der Waals surface area contributed by atoms with Crippen LogP contribution in [0.3, 0.4) is 0 Å². The Hall–Kier alpha value is -1.96. The van der Waals surface area contributed by atoms with Gasteiger partial charge in [-0.2, -0.15) is 0 Å². The van der Waals surface area contributed by atoms with Crippen molar-refractivity contribution in [2.45, 2.75) is 44.6 Å². The van der Waals surface area contributed by atoms with Crippen molar-refractivity contribution >= 4 is 17.5 Å². The van der Waals surface area contributed by atoms with Gasteiger partial charge in [0.1, 0.15) is 0 Å². The van der Waals surface area contributed by atoms with Crippen molar-refractivity contribution in [3.05, 3.63) is 29.8 Å². The summed E-state index contributed by atoms with van der Waals surface area (Å²) in [5.74, 6) is 0.0378. The number of para-hydroxylation sites is 1. The maximum absolute atomic E-state index is 13.0. The zero-order valence-corrected chi connectivity index (χ0v) is 15.1. The van der Waals surface area contributed by atoms with Crippen molar-refractivity contribution in [3.63, 3.8) is 0 Å². The van der Waals surface area contributed by atoms with Gasteiger partial charge in [-0.3, -0.25) is 19.8 Å². The highest BCUT2D eigenvalue weighted by Gasteiger charge is 2.35. The number of carbonyl (C=O) groups is 2. The van der Waals surface area contributed by atoms with Gasteiger partial charge in [-0.1, -0.05) is 18.2 Å². The molecular formula is C19H26N4O3. The fraction of sp³-hybridized carbons (Fsp3) is 0.579. The third-order valence-corrected chi connectivity index (χ3v) is 5.45. The van der Waals surface area contributed by atoms with Crippen molar-refractivity contribution in [3.8, 4) is 0 Å². The van der Waals surface area contributed by atoms with E-state index in [1.165, 1.54) is 5.56 Å². The van der Waals surface area contributed by atoms with Crippen molar-refractivity contribution in [2.75, 3.05) is 31.2 Å². The topological polar surface area (TPSA) is 73.9 Å². The highest BCUT2D eigenvalue weighted by atomic mass is 16.5. The summed E-state index contributed by atoms with van der Waals surface area (Å²) in [5, 5.41) is 6.36. The minimum atomic E-state index is -0.337. The summed E-state index contributed by atoms with van der Waals surface area (Å²) in [6.45, 7) is 5.06. The number of carbonyl (C=O) groups excluding carboxylic acids is 2. The Morgan fingerprint density at radius 3 is 2.81 bits per heavy atom. The van der Waals surface area contributed by atoms with Gasteiger partial charge in [0, 0.05) is 24.8 Å². The number of fused-ring (bicyclic) bond motifs is 1. The Balaban J connectivity index is 1.43. The predicted molar refractivity (Wildman–Crippen MR) is 97.6 cm³/mol. The number of nitrogens with one attached hydrogen (secondary N) is 2. The number of anilines is 1. The van der Waals surface area contributed by atoms with Gasteiger partial charge in [0.25, 0.3) is 0 Å². The Morgan fingerprint density at radius 1 is 1.23 bits per heavy atom. The number of morpholine rings is 1. The molecule has 3 aliphatic heterocycles. The normalized spacial score (nSPS) is 29.3. The molecule has 2 fully saturated rings. The standard InChI is InChI=1S/C19H26N4O3/c1-13-10-14-4-2-3-5-15(14)23(13)19(25)11-16-20-17(12-18(24)21-16)22-6-8-26-9-7-22/h2-5,13,16-17,20H,6-12H2,1H3,(H,21,24)/t13-,16?,17?/m0/s1. The summed E-state index contributed by atoms with van der Waals surface area (Å²) in [6.07, 6.45) is 1.17. The van der Waals surface area contributed by atoms with Gasteiger partial charge in [-0.25, -0.2) is 0 Å². The molecule has 0 radical (unpaired) electrons. The minimum Gasteiger partial charge on any atom is -0.379 e. The molecule has 2 N–H and O–H groups in total. The Kier molecular flexibility index (Phi) is 4.93. The Bertz CT molecular complexity index is 689. The average molecular weight is 358 g/mol. The number of hydrogen-bond acceptors (Lipinski definition) is 5. The molecule has 0 bridgehead atoms. The third-order valence-electron chi connectivity index (χ3n) is 5.45. The van der Waals surface area contributed by atoms with Crippen molar-refractivity contribution in [2.24, 2.45) is 0 Å². The minimum absolute atomic E-state index is 0.00656. The van der Waals surface area contributed by atoms with E-state index in [4.69, 9.17) is 4.74 Å². The van der Waals surface area contributed by atoms with Crippen LogP contribution in [0.2, 0.25) is 0 Å². The molecule has 1 aromatic rings. The van der Waals surface area contributed by atoms with Crippen molar-refractivity contribution in [1.82, 2.24) is 15.5 Å². The van der Waals surface area contributed by atoms with Gasteiger partial charge < -0.3 is 15.0 Å². The van der Waals surface area contributed by atoms with Gasteiger partial charge in [-0.15, -0.1) is 0 Å². The molecule has 2 amide bonds. The molecule has 0 aromatic heterocycles. The fourth-order valence-corrected chi connectivity index (χ4v) is 4.21. The lowest BCUT2D eigenvalue weighted by molar-refractivity contribution is -0.128. The molecule has 2 saturated heterocycles. The lowest BCUT2D eigenvalue weighted by Crippen LogP contribution is -2.64. The van der Waals surface area contributed by atoms with Crippen LogP contribution in [0.15, 0.2) is 24.3 Å². The Morgan fingerprint density at radius 2 is 2.00 bits per heavy atom. The molecular weight excluding hydrogens is 332 g/mol. The van der Waals surface area contributed by atoms with Crippen LogP contribution in [-0.2, 0) is 20.7 Å². The first-order valence-electron chi connectivity index (χ1n) is 9.39. The van der Waals surface area contributed by atoms with Gasteiger partial charge in [0.05, 0.1) is 38.4 Å². The highest BCUT2D eigenvalue weighted by molar-refractivity contribution is 5.96. The molecule has 3 heterocycles. The number of rotatable bonds is 3. The fourth-order valence-electron chi connectivity index (χ4n) is 4.21. The molecule has 4 rings (SSSR count). The molecule has 7 nitrogen and oxygen atoms in total. The lowest BCUT2D eigenvalue weighted by Gasteiger charge is -2.40. The second-order valence-corrected chi connectivity index (χ2v) is 7.30. The van der Waals surface area contributed by atoms with Gasteiger partial charge in [0.2, 0.25) is 11.8 Å². The van der Waals surface area contributed by atoms with Crippen LogP contribution in [0.1, 0.15) is 25.3 Å². The molecule has 1 aromatic carbocycles. The van der Waals surface area contributed by atoms with Crippen LogP contribution in [0.25, 0.3) is 0 Å². The molecule has 3 aliphatic rings. The van der Waals surface area contributed by atoms with Gasteiger partial charge in [0.15, 0.2) is 0 Å². The molecule has 3 atom stereocenters. The number of hydrogen-bond donors (Lipinski definition) is 2. The molecule has 0 aliphatic carbocycles. The summed E-state index contributed by atoms with van der Waals surface area (Å²) >= 11 is 0. The molecule has 140 valence electrons. The van der Waals surface area contributed by atoms with E-state index >= 15 is 0 Å². The quantitative estimate of drug-likeness (QED) is 0.821. The number of amides is 2. The smallest absolute Gasteiger partial charge is 0.230 e. The van der Waals surface area contributed by atoms with Crippen LogP contribution in [-0.4, -0.2) is 61.4 Å². The third kappa shape index (κ3) is 3.47. The number of benzene rings is 1. The summed E-state index contributed by atoms with van der Waals surface area (Å²) in [7, 11) is 0. The van der Waals surface area contributed by atoms with Crippen LogP contribution in [0.5, 0.6) is 0 Å². The van der Waals surface area contributed by atoms with E-state index in [1.807, 2.05) is 23.1 Å². The summed E-state index contributed by atoms with van der Waals surface area (Å²) in [5.41, 5.74) is 2.21. The van der Waals surface area contributed by atoms with Crippen LogP contribution in [0.4, 0.5) is 5.69 Å². The van der Waals surface area contributed by atoms with E-state index < -0.39 is 0 Å². The largest absolute Gasteiger partial charge is 0.379 e. The number of nitrogens with zero attached hydrogens (tertiary/aromatic N) is 2. The number of ether oxygens (including phenoxy) is 1. The predicted octanol–water partition coefficient (Wildman–Crippen LogP) is 0.448. The second kappa shape index (κ2) is 7.34. The van der Waals surface area contributed by atoms with Crippen molar-refractivity contribution in [1.29, 1.82) is 0 Å². The molecule has 7 heteroatoms. The molecule has 0 saturated carbocycles. The van der Waals surface area contributed by atoms with Gasteiger partial charge in [-0.05, 0) is 25.0 Å². The lowest BCUT2D eigenvalue weighted by atomic mass is 10.1. The molecule has 0 spiro atoms. The monoisotopic (exact) mass is 358 g/mol. The first-order valence-corrected chi connectivity index (χ1v) is 9.39. The Labute approximate surface area is 153 Å². The zero-order valence-electron chi connectivity index (χ0n) is 15.1. The SMILES string of the molecule is C[C@H]1Cc2ccccc2N1C(=O)CC1NC(=O)CC(N2CCOCC2)N1. The van der Waals surface area contributed by atoms with E-state index in [1.54, 1.807) is 0 Å². The van der Waals surface area contributed by atoms with E-state index in [9.17, 15) is 9.59 Å².